The molecule has 9 nitrogen and oxygen atoms in total. The molecule has 0 bridgehead atoms. The summed E-state index contributed by atoms with van der Waals surface area (Å²) in [6.07, 6.45) is 1.58. The molecular formula is C20H19ClN4O5. The molecule has 0 spiro atoms. The molecule has 0 aliphatic heterocycles. The van der Waals surface area contributed by atoms with Crippen molar-refractivity contribution in [2.24, 2.45) is 0 Å². The number of anilines is 1. The Balaban J connectivity index is 1.69. The number of methoxy groups -OCH3 is 1. The fraction of sp³-hybridized carbons (Fsp3) is 0.200. The van der Waals surface area contributed by atoms with Gasteiger partial charge in [-0.25, -0.2) is 4.68 Å². The molecule has 3 rings (SSSR count). The van der Waals surface area contributed by atoms with Crippen LogP contribution in [0.25, 0.3) is 0 Å². The number of nitro groups is 1. The highest BCUT2D eigenvalue weighted by molar-refractivity contribution is 6.32. The van der Waals surface area contributed by atoms with E-state index in [1.165, 1.54) is 36.1 Å². The van der Waals surface area contributed by atoms with Crippen molar-refractivity contribution in [2.75, 3.05) is 12.4 Å². The van der Waals surface area contributed by atoms with Gasteiger partial charge in [-0.3, -0.25) is 14.9 Å². The third kappa shape index (κ3) is 4.69. The first-order valence-corrected chi connectivity index (χ1v) is 9.23. The number of hydrogen-bond acceptors (Lipinski definition) is 6. The van der Waals surface area contributed by atoms with E-state index in [9.17, 15) is 14.9 Å². The van der Waals surface area contributed by atoms with Crippen LogP contribution in [-0.4, -0.2) is 27.7 Å². The monoisotopic (exact) mass is 430 g/mol. The third-order valence-electron chi connectivity index (χ3n) is 4.30. The van der Waals surface area contributed by atoms with Gasteiger partial charge < -0.3 is 14.8 Å². The number of benzene rings is 2. The van der Waals surface area contributed by atoms with Crippen LogP contribution >= 0.6 is 11.6 Å². The summed E-state index contributed by atoms with van der Waals surface area (Å²) in [6, 6.07) is 9.28. The lowest BCUT2D eigenvalue weighted by molar-refractivity contribution is -0.384. The third-order valence-corrected chi connectivity index (χ3v) is 4.89. The van der Waals surface area contributed by atoms with E-state index in [0.29, 0.717) is 16.5 Å². The van der Waals surface area contributed by atoms with Gasteiger partial charge in [0.25, 0.3) is 11.6 Å². The zero-order valence-electron chi connectivity index (χ0n) is 16.5. The Bertz CT molecular complexity index is 1090. The van der Waals surface area contributed by atoms with Gasteiger partial charge in [-0.15, -0.1) is 0 Å². The van der Waals surface area contributed by atoms with E-state index >= 15 is 0 Å². The van der Waals surface area contributed by atoms with Crippen LogP contribution < -0.4 is 14.8 Å². The SMILES string of the molecule is COc1ccc(NC(=O)c2ccn(COc3cc(C)c(Cl)c(C)c3)n2)c([N+](=O)[O-])c1. The van der Waals surface area contributed by atoms with Gasteiger partial charge in [-0.2, -0.15) is 5.10 Å². The van der Waals surface area contributed by atoms with Gasteiger partial charge >= 0.3 is 0 Å². The molecule has 0 saturated heterocycles. The molecule has 0 aliphatic rings. The number of hydrogen-bond donors (Lipinski definition) is 1. The van der Waals surface area contributed by atoms with E-state index in [1.54, 1.807) is 6.20 Å². The van der Waals surface area contributed by atoms with Gasteiger partial charge in [0.15, 0.2) is 12.4 Å². The van der Waals surface area contributed by atoms with Crippen LogP contribution in [0.5, 0.6) is 11.5 Å². The highest BCUT2D eigenvalue weighted by atomic mass is 35.5. The van der Waals surface area contributed by atoms with Crippen molar-refractivity contribution < 1.29 is 19.2 Å². The van der Waals surface area contributed by atoms with Gasteiger partial charge in [0, 0.05) is 11.2 Å². The number of nitrogens with one attached hydrogen (secondary N) is 1. The van der Waals surface area contributed by atoms with Crippen LogP contribution in [0.2, 0.25) is 5.02 Å². The molecule has 0 atom stereocenters. The number of aromatic nitrogens is 2. The summed E-state index contributed by atoms with van der Waals surface area (Å²) in [5.74, 6) is 0.360. The average Bonchev–Trinajstić information content (AvgIpc) is 3.19. The average molecular weight is 431 g/mol. The summed E-state index contributed by atoms with van der Waals surface area (Å²) in [6.45, 7) is 3.85. The van der Waals surface area contributed by atoms with Crippen LogP contribution in [-0.2, 0) is 6.73 Å². The number of carbonyl (C=O) groups excluding carboxylic acids is 1. The summed E-state index contributed by atoms with van der Waals surface area (Å²) in [5, 5.41) is 18.6. The minimum absolute atomic E-state index is 0.0451. The molecule has 156 valence electrons. The largest absolute Gasteiger partial charge is 0.496 e. The Morgan fingerprint density at radius 1 is 1.20 bits per heavy atom. The Morgan fingerprint density at radius 3 is 2.53 bits per heavy atom. The molecule has 1 amide bonds. The standard InChI is InChI=1S/C20H19ClN4O5/c1-12-8-15(9-13(2)19(12)21)30-11-24-7-6-17(23-24)20(26)22-16-5-4-14(29-3)10-18(16)25(27)28/h4-10H,11H2,1-3H3,(H,22,26). The molecule has 0 saturated carbocycles. The maximum absolute atomic E-state index is 12.5. The fourth-order valence-electron chi connectivity index (χ4n) is 2.77. The van der Waals surface area contributed by atoms with Crippen LogP contribution in [0.3, 0.4) is 0 Å². The smallest absolute Gasteiger partial charge is 0.296 e. The minimum Gasteiger partial charge on any atom is -0.496 e. The van der Waals surface area contributed by atoms with Crippen molar-refractivity contribution in [1.82, 2.24) is 9.78 Å². The van der Waals surface area contributed by atoms with Crippen molar-refractivity contribution in [1.29, 1.82) is 0 Å². The van der Waals surface area contributed by atoms with Crippen LogP contribution in [0, 0.1) is 24.0 Å². The molecule has 0 radical (unpaired) electrons. The van der Waals surface area contributed by atoms with E-state index in [-0.39, 0.29) is 23.8 Å². The summed E-state index contributed by atoms with van der Waals surface area (Å²) < 4.78 is 12.1. The zero-order valence-corrected chi connectivity index (χ0v) is 17.3. The maximum Gasteiger partial charge on any atom is 0.296 e. The normalized spacial score (nSPS) is 10.5. The van der Waals surface area contributed by atoms with Crippen LogP contribution in [0.15, 0.2) is 42.6 Å². The Labute approximate surface area is 177 Å². The number of halogens is 1. The number of ether oxygens (including phenoxy) is 2. The molecule has 0 aliphatic carbocycles. The fourth-order valence-corrected chi connectivity index (χ4v) is 2.88. The van der Waals surface area contributed by atoms with Crippen LogP contribution in [0.1, 0.15) is 21.6 Å². The molecule has 2 aromatic carbocycles. The van der Waals surface area contributed by atoms with Gasteiger partial charge in [0.2, 0.25) is 0 Å². The quantitative estimate of drug-likeness (QED) is 0.440. The van der Waals surface area contributed by atoms with E-state index in [0.717, 1.165) is 11.1 Å². The lowest BCUT2D eigenvalue weighted by Crippen LogP contribution is -2.15. The molecule has 1 aromatic heterocycles. The summed E-state index contributed by atoms with van der Waals surface area (Å²) >= 11 is 6.15. The van der Waals surface area contributed by atoms with Crippen molar-refractivity contribution in [2.45, 2.75) is 20.6 Å². The first kappa shape index (κ1) is 21.1. The molecule has 1 heterocycles. The number of aryl methyl sites for hydroxylation is 2. The summed E-state index contributed by atoms with van der Waals surface area (Å²) in [5.41, 5.74) is 1.65. The van der Waals surface area contributed by atoms with E-state index in [1.807, 2.05) is 26.0 Å². The number of amides is 1. The highest BCUT2D eigenvalue weighted by Crippen LogP contribution is 2.29. The predicted molar refractivity (Wildman–Crippen MR) is 111 cm³/mol. The molecule has 10 heteroatoms. The van der Waals surface area contributed by atoms with Crippen molar-refractivity contribution in [3.63, 3.8) is 0 Å². The molecule has 3 aromatic rings. The topological polar surface area (TPSA) is 109 Å². The van der Waals surface area contributed by atoms with Gasteiger partial charge in [-0.1, -0.05) is 11.6 Å². The predicted octanol–water partition coefficient (Wildman–Crippen LogP) is 4.36. The van der Waals surface area contributed by atoms with Crippen molar-refractivity contribution >= 4 is 28.9 Å². The summed E-state index contributed by atoms with van der Waals surface area (Å²) in [7, 11) is 1.40. The van der Waals surface area contributed by atoms with Gasteiger partial charge in [0.1, 0.15) is 17.2 Å². The Hall–Kier alpha value is -3.59. The van der Waals surface area contributed by atoms with E-state index in [2.05, 4.69) is 10.4 Å². The van der Waals surface area contributed by atoms with Crippen LogP contribution in [0.4, 0.5) is 11.4 Å². The molecule has 1 N–H and O–H groups in total. The number of nitrogens with zero attached hydrogens (tertiary/aromatic N) is 3. The first-order chi connectivity index (χ1) is 14.3. The summed E-state index contributed by atoms with van der Waals surface area (Å²) in [4.78, 5) is 23.1. The van der Waals surface area contributed by atoms with Crippen molar-refractivity contribution in [3.05, 3.63) is 74.6 Å². The Kier molecular flexibility index (Phi) is 6.22. The minimum atomic E-state index is -0.597. The van der Waals surface area contributed by atoms with E-state index in [4.69, 9.17) is 21.1 Å². The first-order valence-electron chi connectivity index (χ1n) is 8.85. The number of nitro benzene ring substituents is 1. The molecule has 0 unspecified atom stereocenters. The number of rotatable bonds is 7. The second kappa shape index (κ2) is 8.83. The molecule has 30 heavy (non-hydrogen) atoms. The zero-order chi connectivity index (χ0) is 21.8. The maximum atomic E-state index is 12.5. The van der Waals surface area contributed by atoms with E-state index < -0.39 is 10.8 Å². The van der Waals surface area contributed by atoms with Gasteiger partial charge in [0.05, 0.1) is 18.1 Å². The molecule has 0 fully saturated rings. The lowest BCUT2D eigenvalue weighted by Gasteiger charge is -2.10. The lowest BCUT2D eigenvalue weighted by atomic mass is 10.1. The second-order valence-corrected chi connectivity index (χ2v) is 6.86. The molecular weight excluding hydrogens is 412 g/mol. The number of carbonyl (C=O) groups is 1. The Morgan fingerprint density at radius 2 is 1.90 bits per heavy atom. The highest BCUT2D eigenvalue weighted by Gasteiger charge is 2.19. The second-order valence-electron chi connectivity index (χ2n) is 6.48. The van der Waals surface area contributed by atoms with Gasteiger partial charge in [-0.05, 0) is 55.3 Å². The van der Waals surface area contributed by atoms with Crippen molar-refractivity contribution in [3.8, 4) is 11.5 Å².